The van der Waals surface area contributed by atoms with E-state index in [1.807, 2.05) is 0 Å². The van der Waals surface area contributed by atoms with Crippen molar-refractivity contribution in [2.24, 2.45) is 0 Å². The van der Waals surface area contributed by atoms with Crippen LogP contribution in [0.3, 0.4) is 0 Å². The van der Waals surface area contributed by atoms with Crippen molar-refractivity contribution in [2.45, 2.75) is 24.8 Å². The fourth-order valence-corrected chi connectivity index (χ4v) is 2.08. The van der Waals surface area contributed by atoms with Crippen LogP contribution in [0.5, 0.6) is 0 Å². The van der Waals surface area contributed by atoms with Crippen LogP contribution in [0.25, 0.3) is 0 Å². The molecule has 9 heteroatoms. The van der Waals surface area contributed by atoms with E-state index < -0.39 is 45.2 Å². The summed E-state index contributed by atoms with van der Waals surface area (Å²) in [6, 6.07) is 0.676. The molecule has 1 aromatic rings. The van der Waals surface area contributed by atoms with Crippen LogP contribution < -0.4 is 5.32 Å². The van der Waals surface area contributed by atoms with Crippen molar-refractivity contribution in [3.05, 3.63) is 39.4 Å². The van der Waals surface area contributed by atoms with Gasteiger partial charge in [-0.15, -0.1) is 0 Å². The van der Waals surface area contributed by atoms with E-state index in [1.54, 1.807) is 0 Å². The minimum absolute atomic E-state index is 0.172. The van der Waals surface area contributed by atoms with Crippen LogP contribution >= 0.6 is 0 Å². The second kappa shape index (κ2) is 5.08. The van der Waals surface area contributed by atoms with Gasteiger partial charge in [-0.3, -0.25) is 14.9 Å². The molecule has 2 rings (SSSR count). The van der Waals surface area contributed by atoms with E-state index in [0.29, 0.717) is 18.6 Å². The average molecular weight is 300 g/mol. The summed E-state index contributed by atoms with van der Waals surface area (Å²) in [6.07, 6.45) is 0.920. The molecule has 0 bridgehead atoms. The van der Waals surface area contributed by atoms with Crippen molar-refractivity contribution >= 4 is 17.6 Å². The number of carbonyl (C=O) groups excluding carboxylic acids is 1. The Morgan fingerprint density at radius 1 is 1.29 bits per heavy atom. The third-order valence-corrected chi connectivity index (χ3v) is 3.45. The van der Waals surface area contributed by atoms with Gasteiger partial charge in [-0.2, -0.15) is 0 Å². The highest BCUT2D eigenvalue weighted by Crippen LogP contribution is 2.33. The summed E-state index contributed by atoms with van der Waals surface area (Å²) in [5, 5.41) is 22.0. The largest absolute Gasteiger partial charge is 0.480 e. The van der Waals surface area contributed by atoms with Gasteiger partial charge in [0.05, 0.1) is 11.0 Å². The summed E-state index contributed by atoms with van der Waals surface area (Å²) in [5.41, 5.74) is -3.15. The summed E-state index contributed by atoms with van der Waals surface area (Å²) >= 11 is 0. The van der Waals surface area contributed by atoms with Gasteiger partial charge in [0.1, 0.15) is 11.1 Å². The number of aliphatic carboxylic acids is 1. The number of carbonyl (C=O) groups is 2. The third kappa shape index (κ3) is 2.54. The van der Waals surface area contributed by atoms with Gasteiger partial charge in [0.15, 0.2) is 11.6 Å². The standard InChI is InChI=1S/C12H10F2N2O5/c13-7-4-6(9(16(20)21)5-8(7)14)10(17)15-12(11(18)19)2-1-3-12/h4-5H,1-3H2,(H,15,17)(H,18,19). The van der Waals surface area contributed by atoms with E-state index >= 15 is 0 Å². The molecule has 0 heterocycles. The molecule has 0 saturated heterocycles. The lowest BCUT2D eigenvalue weighted by molar-refractivity contribution is -0.385. The molecule has 1 aromatic carbocycles. The maximum absolute atomic E-state index is 13.2. The Hall–Kier alpha value is -2.58. The molecule has 21 heavy (non-hydrogen) atoms. The molecule has 1 fully saturated rings. The third-order valence-electron chi connectivity index (χ3n) is 3.45. The average Bonchev–Trinajstić information content (AvgIpc) is 2.35. The zero-order valence-corrected chi connectivity index (χ0v) is 10.6. The molecule has 0 unspecified atom stereocenters. The minimum atomic E-state index is -1.50. The molecule has 112 valence electrons. The van der Waals surface area contributed by atoms with Gasteiger partial charge in [-0.1, -0.05) is 0 Å². The number of rotatable bonds is 4. The van der Waals surface area contributed by atoms with Crippen LogP contribution in [-0.2, 0) is 4.79 Å². The molecule has 7 nitrogen and oxygen atoms in total. The lowest BCUT2D eigenvalue weighted by atomic mass is 9.76. The number of hydrogen-bond donors (Lipinski definition) is 2. The molecular formula is C12H10F2N2O5. The molecule has 1 saturated carbocycles. The van der Waals surface area contributed by atoms with E-state index in [1.165, 1.54) is 0 Å². The van der Waals surface area contributed by atoms with Crippen LogP contribution in [0.1, 0.15) is 29.6 Å². The van der Waals surface area contributed by atoms with Gasteiger partial charge >= 0.3 is 5.97 Å². The van der Waals surface area contributed by atoms with Crippen molar-refractivity contribution in [2.75, 3.05) is 0 Å². The lowest BCUT2D eigenvalue weighted by Crippen LogP contribution is -2.59. The summed E-state index contributed by atoms with van der Waals surface area (Å²) < 4.78 is 26.2. The summed E-state index contributed by atoms with van der Waals surface area (Å²) in [5.74, 6) is -5.28. The number of nitrogens with zero attached hydrogens (tertiary/aromatic N) is 1. The zero-order chi connectivity index (χ0) is 15.8. The molecule has 2 N–H and O–H groups in total. The smallest absolute Gasteiger partial charge is 0.329 e. The first-order valence-electron chi connectivity index (χ1n) is 5.96. The lowest BCUT2D eigenvalue weighted by Gasteiger charge is -2.38. The van der Waals surface area contributed by atoms with Gasteiger partial charge in [0, 0.05) is 0 Å². The van der Waals surface area contributed by atoms with Gasteiger partial charge in [0.25, 0.3) is 11.6 Å². The number of nitro benzene ring substituents is 1. The number of halogens is 2. The van der Waals surface area contributed by atoms with E-state index in [2.05, 4.69) is 5.32 Å². The first-order chi connectivity index (χ1) is 9.77. The highest BCUT2D eigenvalue weighted by Gasteiger charge is 2.46. The number of nitro groups is 1. The normalized spacial score (nSPS) is 15.9. The number of amides is 1. The molecular weight excluding hydrogens is 290 g/mol. The van der Waals surface area contributed by atoms with Crippen molar-refractivity contribution in [1.29, 1.82) is 0 Å². The van der Waals surface area contributed by atoms with Gasteiger partial charge in [-0.05, 0) is 25.3 Å². The zero-order valence-electron chi connectivity index (χ0n) is 10.6. The van der Waals surface area contributed by atoms with E-state index in [9.17, 15) is 28.5 Å². The Kier molecular flexibility index (Phi) is 3.58. The first kappa shape index (κ1) is 14.8. The van der Waals surface area contributed by atoms with Crippen molar-refractivity contribution in [3.8, 4) is 0 Å². The van der Waals surface area contributed by atoms with Crippen molar-refractivity contribution < 1.29 is 28.4 Å². The summed E-state index contributed by atoms with van der Waals surface area (Å²) in [7, 11) is 0. The molecule has 0 spiro atoms. The van der Waals surface area contributed by atoms with Crippen LogP contribution in [-0.4, -0.2) is 27.4 Å². The predicted octanol–water partition coefficient (Wildman–Crippen LogP) is 1.61. The van der Waals surface area contributed by atoms with Gasteiger partial charge in [0.2, 0.25) is 0 Å². The monoisotopic (exact) mass is 300 g/mol. The van der Waals surface area contributed by atoms with E-state index in [0.717, 1.165) is 0 Å². The Bertz CT molecular complexity index is 643. The number of carboxylic acid groups (broad SMARTS) is 1. The van der Waals surface area contributed by atoms with Crippen LogP contribution in [0.15, 0.2) is 12.1 Å². The Morgan fingerprint density at radius 2 is 1.86 bits per heavy atom. The molecule has 0 aromatic heterocycles. The Labute approximate surface area is 116 Å². The van der Waals surface area contributed by atoms with Gasteiger partial charge in [-0.25, -0.2) is 13.6 Å². The maximum atomic E-state index is 13.2. The fourth-order valence-electron chi connectivity index (χ4n) is 2.08. The molecule has 1 aliphatic carbocycles. The maximum Gasteiger partial charge on any atom is 0.329 e. The molecule has 0 aliphatic heterocycles. The van der Waals surface area contributed by atoms with E-state index in [4.69, 9.17) is 5.11 Å². The van der Waals surface area contributed by atoms with Crippen LogP contribution in [0, 0.1) is 21.7 Å². The van der Waals surface area contributed by atoms with Gasteiger partial charge < -0.3 is 10.4 Å². The Balaban J connectivity index is 2.37. The number of nitrogens with one attached hydrogen (secondary N) is 1. The minimum Gasteiger partial charge on any atom is -0.480 e. The fraction of sp³-hybridized carbons (Fsp3) is 0.333. The molecule has 1 aliphatic rings. The molecule has 1 amide bonds. The highest BCUT2D eigenvalue weighted by atomic mass is 19.2. The molecule has 0 atom stereocenters. The van der Waals surface area contributed by atoms with Crippen molar-refractivity contribution in [1.82, 2.24) is 5.32 Å². The predicted molar refractivity (Wildman–Crippen MR) is 64.7 cm³/mol. The number of carboxylic acids is 1. The quantitative estimate of drug-likeness (QED) is 0.648. The molecule has 0 radical (unpaired) electrons. The second-order valence-corrected chi connectivity index (χ2v) is 4.74. The topological polar surface area (TPSA) is 110 Å². The van der Waals surface area contributed by atoms with Crippen LogP contribution in [0.4, 0.5) is 14.5 Å². The SMILES string of the molecule is O=C(NC1(C(=O)O)CCC1)c1cc(F)c(F)cc1[N+](=O)[O-]. The van der Waals surface area contributed by atoms with Crippen LogP contribution in [0.2, 0.25) is 0 Å². The number of hydrogen-bond acceptors (Lipinski definition) is 4. The Morgan fingerprint density at radius 3 is 2.29 bits per heavy atom. The second-order valence-electron chi connectivity index (χ2n) is 4.74. The summed E-state index contributed by atoms with van der Waals surface area (Å²) in [4.78, 5) is 32.9. The first-order valence-corrected chi connectivity index (χ1v) is 5.96. The number of benzene rings is 1. The van der Waals surface area contributed by atoms with Crippen molar-refractivity contribution in [3.63, 3.8) is 0 Å². The van der Waals surface area contributed by atoms with E-state index in [-0.39, 0.29) is 12.8 Å². The summed E-state index contributed by atoms with van der Waals surface area (Å²) in [6.45, 7) is 0. The highest BCUT2D eigenvalue weighted by molar-refractivity contribution is 6.01.